The highest BCUT2D eigenvalue weighted by Gasteiger charge is 2.10. The van der Waals surface area contributed by atoms with Crippen molar-refractivity contribution in [3.63, 3.8) is 0 Å². The third-order valence-corrected chi connectivity index (χ3v) is 2.53. The van der Waals surface area contributed by atoms with Crippen LogP contribution in [0.1, 0.15) is 5.56 Å². The standard InChI is InChI=1S/C12H9F2N3S/c13-8-2-1-3-9(11(8)14)17-10-6-16-5-4-7(10)12(15)18/h1-6,17H,(H2,15,18). The summed E-state index contributed by atoms with van der Waals surface area (Å²) in [6.45, 7) is 0. The summed E-state index contributed by atoms with van der Waals surface area (Å²) in [5.74, 6) is -1.89. The van der Waals surface area contributed by atoms with Crippen LogP contribution in [0.25, 0.3) is 0 Å². The number of anilines is 2. The number of thiocarbonyl (C=S) groups is 1. The van der Waals surface area contributed by atoms with E-state index in [1.165, 1.54) is 24.5 Å². The van der Waals surface area contributed by atoms with E-state index in [0.717, 1.165) is 6.07 Å². The molecule has 1 heterocycles. The molecular formula is C12H9F2N3S. The Hall–Kier alpha value is -2.08. The summed E-state index contributed by atoms with van der Waals surface area (Å²) in [5, 5.41) is 2.72. The summed E-state index contributed by atoms with van der Waals surface area (Å²) in [5.41, 5.74) is 6.48. The Balaban J connectivity index is 2.40. The predicted molar refractivity (Wildman–Crippen MR) is 69.8 cm³/mol. The van der Waals surface area contributed by atoms with E-state index < -0.39 is 11.6 Å². The highest BCUT2D eigenvalue weighted by molar-refractivity contribution is 7.80. The van der Waals surface area contributed by atoms with Gasteiger partial charge in [-0.15, -0.1) is 0 Å². The van der Waals surface area contributed by atoms with E-state index in [-0.39, 0.29) is 10.7 Å². The molecule has 0 saturated carbocycles. The number of hydrogen-bond donors (Lipinski definition) is 2. The van der Waals surface area contributed by atoms with Crippen molar-refractivity contribution >= 4 is 28.6 Å². The second kappa shape index (κ2) is 5.05. The Bertz CT molecular complexity index is 602. The molecular weight excluding hydrogens is 256 g/mol. The molecule has 92 valence electrons. The Labute approximate surface area is 108 Å². The normalized spacial score (nSPS) is 10.1. The lowest BCUT2D eigenvalue weighted by atomic mass is 10.2. The van der Waals surface area contributed by atoms with Crippen molar-refractivity contribution in [1.29, 1.82) is 0 Å². The molecule has 1 aromatic heterocycles. The van der Waals surface area contributed by atoms with Gasteiger partial charge in [0.15, 0.2) is 11.6 Å². The Morgan fingerprint density at radius 2 is 2.00 bits per heavy atom. The molecule has 18 heavy (non-hydrogen) atoms. The van der Waals surface area contributed by atoms with Crippen molar-refractivity contribution in [2.45, 2.75) is 0 Å². The van der Waals surface area contributed by atoms with Crippen LogP contribution in [0.15, 0.2) is 36.7 Å². The van der Waals surface area contributed by atoms with Crippen molar-refractivity contribution in [2.24, 2.45) is 5.73 Å². The number of nitrogens with one attached hydrogen (secondary N) is 1. The zero-order valence-electron chi connectivity index (χ0n) is 9.15. The molecule has 0 fully saturated rings. The number of nitrogens with two attached hydrogens (primary N) is 1. The molecule has 0 spiro atoms. The molecule has 0 aliphatic heterocycles. The molecule has 0 aliphatic carbocycles. The first-order valence-corrected chi connectivity index (χ1v) is 5.45. The number of aromatic nitrogens is 1. The van der Waals surface area contributed by atoms with Gasteiger partial charge in [-0.1, -0.05) is 18.3 Å². The number of nitrogens with zero attached hydrogens (tertiary/aromatic N) is 1. The third kappa shape index (κ3) is 2.43. The lowest BCUT2D eigenvalue weighted by molar-refractivity contribution is 0.512. The first kappa shape index (κ1) is 12.4. The molecule has 0 radical (unpaired) electrons. The van der Waals surface area contributed by atoms with Gasteiger partial charge in [-0.2, -0.15) is 0 Å². The van der Waals surface area contributed by atoms with Gasteiger partial charge in [0.1, 0.15) is 4.99 Å². The Kier molecular flexibility index (Phi) is 3.47. The van der Waals surface area contributed by atoms with Gasteiger partial charge in [0.05, 0.1) is 17.6 Å². The smallest absolute Gasteiger partial charge is 0.182 e. The molecule has 0 unspecified atom stereocenters. The number of hydrogen-bond acceptors (Lipinski definition) is 3. The van der Waals surface area contributed by atoms with Crippen molar-refractivity contribution in [2.75, 3.05) is 5.32 Å². The van der Waals surface area contributed by atoms with Crippen LogP contribution >= 0.6 is 12.2 Å². The average molecular weight is 265 g/mol. The molecule has 0 atom stereocenters. The monoisotopic (exact) mass is 265 g/mol. The van der Waals surface area contributed by atoms with Crippen molar-refractivity contribution in [3.05, 3.63) is 53.9 Å². The maximum Gasteiger partial charge on any atom is 0.182 e. The van der Waals surface area contributed by atoms with Gasteiger partial charge in [0.2, 0.25) is 0 Å². The lowest BCUT2D eigenvalue weighted by Crippen LogP contribution is -2.12. The van der Waals surface area contributed by atoms with E-state index in [1.807, 2.05) is 0 Å². The van der Waals surface area contributed by atoms with Gasteiger partial charge in [-0.05, 0) is 18.2 Å². The summed E-state index contributed by atoms with van der Waals surface area (Å²) in [4.78, 5) is 4.03. The Morgan fingerprint density at radius 1 is 1.22 bits per heavy atom. The fourth-order valence-electron chi connectivity index (χ4n) is 1.45. The van der Waals surface area contributed by atoms with Crippen LogP contribution in [0.2, 0.25) is 0 Å². The Morgan fingerprint density at radius 3 is 2.72 bits per heavy atom. The summed E-state index contributed by atoms with van der Waals surface area (Å²) in [7, 11) is 0. The van der Waals surface area contributed by atoms with Crippen LogP contribution in [0.5, 0.6) is 0 Å². The van der Waals surface area contributed by atoms with Gasteiger partial charge < -0.3 is 11.1 Å². The highest BCUT2D eigenvalue weighted by atomic mass is 32.1. The summed E-state index contributed by atoms with van der Waals surface area (Å²) in [6.07, 6.45) is 2.96. The first-order valence-electron chi connectivity index (χ1n) is 5.04. The van der Waals surface area contributed by atoms with Crippen LogP contribution in [-0.4, -0.2) is 9.97 Å². The third-order valence-electron chi connectivity index (χ3n) is 2.31. The largest absolute Gasteiger partial charge is 0.389 e. The maximum absolute atomic E-state index is 13.5. The highest BCUT2D eigenvalue weighted by Crippen LogP contribution is 2.23. The van der Waals surface area contributed by atoms with Gasteiger partial charge >= 0.3 is 0 Å². The molecule has 2 rings (SSSR count). The number of benzene rings is 1. The topological polar surface area (TPSA) is 50.9 Å². The zero-order chi connectivity index (χ0) is 13.1. The van der Waals surface area contributed by atoms with E-state index in [0.29, 0.717) is 11.3 Å². The van der Waals surface area contributed by atoms with E-state index >= 15 is 0 Å². The van der Waals surface area contributed by atoms with Crippen LogP contribution in [0.3, 0.4) is 0 Å². The van der Waals surface area contributed by atoms with Crippen LogP contribution in [0, 0.1) is 11.6 Å². The molecule has 6 heteroatoms. The van der Waals surface area contributed by atoms with Crippen LogP contribution < -0.4 is 11.1 Å². The summed E-state index contributed by atoms with van der Waals surface area (Å²) < 4.78 is 26.6. The second-order valence-corrected chi connectivity index (χ2v) is 3.95. The van der Waals surface area contributed by atoms with Crippen LogP contribution in [0.4, 0.5) is 20.2 Å². The average Bonchev–Trinajstić information content (AvgIpc) is 2.35. The molecule has 1 aromatic carbocycles. The van der Waals surface area contributed by atoms with E-state index in [1.54, 1.807) is 6.07 Å². The SMILES string of the molecule is NC(=S)c1ccncc1Nc1cccc(F)c1F. The van der Waals surface area contributed by atoms with Gasteiger partial charge in [0.25, 0.3) is 0 Å². The zero-order valence-corrected chi connectivity index (χ0v) is 9.97. The maximum atomic E-state index is 13.5. The van der Waals surface area contributed by atoms with Crippen molar-refractivity contribution in [1.82, 2.24) is 4.98 Å². The quantitative estimate of drug-likeness (QED) is 0.838. The van der Waals surface area contributed by atoms with E-state index in [9.17, 15) is 8.78 Å². The second-order valence-electron chi connectivity index (χ2n) is 3.51. The van der Waals surface area contributed by atoms with E-state index in [4.69, 9.17) is 18.0 Å². The van der Waals surface area contributed by atoms with Gasteiger partial charge in [-0.3, -0.25) is 4.98 Å². The molecule has 0 amide bonds. The first-order chi connectivity index (χ1) is 8.59. The van der Waals surface area contributed by atoms with Crippen LogP contribution in [-0.2, 0) is 0 Å². The molecule has 0 aliphatic rings. The molecule has 2 aromatic rings. The van der Waals surface area contributed by atoms with Crippen molar-refractivity contribution in [3.8, 4) is 0 Å². The van der Waals surface area contributed by atoms with E-state index in [2.05, 4.69) is 10.3 Å². The fraction of sp³-hybridized carbons (Fsp3) is 0. The minimum Gasteiger partial charge on any atom is -0.389 e. The number of halogens is 2. The predicted octanol–water partition coefficient (Wildman–Crippen LogP) is 2.74. The van der Waals surface area contributed by atoms with Gasteiger partial charge in [0, 0.05) is 11.8 Å². The molecule has 0 saturated heterocycles. The summed E-state index contributed by atoms with van der Waals surface area (Å²) in [6, 6.07) is 5.45. The lowest BCUT2D eigenvalue weighted by Gasteiger charge is -2.11. The number of rotatable bonds is 3. The number of pyridine rings is 1. The molecule has 3 N–H and O–H groups in total. The van der Waals surface area contributed by atoms with Crippen molar-refractivity contribution < 1.29 is 8.78 Å². The minimum absolute atomic E-state index is 0.000463. The molecule has 3 nitrogen and oxygen atoms in total. The fourth-order valence-corrected chi connectivity index (χ4v) is 1.63. The van der Waals surface area contributed by atoms with Gasteiger partial charge in [-0.25, -0.2) is 8.78 Å². The minimum atomic E-state index is -0.963. The summed E-state index contributed by atoms with van der Waals surface area (Å²) >= 11 is 4.87. The molecule has 0 bridgehead atoms.